The highest BCUT2D eigenvalue weighted by Gasteiger charge is 2.67. The van der Waals surface area contributed by atoms with E-state index in [1.165, 1.54) is 12.8 Å². The Balaban J connectivity index is 2.07. The van der Waals surface area contributed by atoms with Gasteiger partial charge in [0.2, 0.25) is 5.91 Å². The fourth-order valence-corrected chi connectivity index (χ4v) is 4.91. The highest BCUT2D eigenvalue weighted by molar-refractivity contribution is 5.92. The summed E-state index contributed by atoms with van der Waals surface area (Å²) >= 11 is 0. The molecule has 0 aromatic carbocycles. The number of hydrogen-bond acceptors (Lipinski definition) is 5. The van der Waals surface area contributed by atoms with Crippen LogP contribution < -0.4 is 5.32 Å². The normalized spacial score (nSPS) is 26.5. The summed E-state index contributed by atoms with van der Waals surface area (Å²) in [7, 11) is 4.21. The van der Waals surface area contributed by atoms with E-state index in [4.69, 9.17) is 9.47 Å². The first-order chi connectivity index (χ1) is 14.3. The Bertz CT molecular complexity index is 621. The van der Waals surface area contributed by atoms with Crippen LogP contribution in [0.3, 0.4) is 0 Å². The third-order valence-electron chi connectivity index (χ3n) is 6.96. The summed E-state index contributed by atoms with van der Waals surface area (Å²) in [6.45, 7) is 14.7. The summed E-state index contributed by atoms with van der Waals surface area (Å²) in [6.07, 6.45) is 4.32. The third-order valence-corrected chi connectivity index (χ3v) is 6.96. The van der Waals surface area contributed by atoms with Crippen molar-refractivity contribution in [1.29, 1.82) is 0 Å². The molecule has 0 aromatic heterocycles. The Kier molecular flexibility index (Phi) is 8.42. The van der Waals surface area contributed by atoms with Crippen molar-refractivity contribution in [3.63, 3.8) is 0 Å². The molecule has 2 aliphatic rings. The second-order valence-electron chi connectivity index (χ2n) is 11.1. The van der Waals surface area contributed by atoms with Gasteiger partial charge in [-0.1, -0.05) is 13.8 Å². The van der Waals surface area contributed by atoms with Crippen LogP contribution in [0, 0.1) is 11.3 Å². The van der Waals surface area contributed by atoms with Gasteiger partial charge in [-0.3, -0.25) is 4.79 Å². The Labute approximate surface area is 189 Å². The second-order valence-corrected chi connectivity index (χ2v) is 11.1. The van der Waals surface area contributed by atoms with E-state index < -0.39 is 22.6 Å². The molecular formula is C24H45N3O4. The molecular weight excluding hydrogens is 394 g/mol. The molecule has 2 atom stereocenters. The van der Waals surface area contributed by atoms with Crippen LogP contribution in [0.1, 0.15) is 73.6 Å². The largest absolute Gasteiger partial charge is 0.444 e. The molecule has 1 heterocycles. The molecule has 1 saturated carbocycles. The van der Waals surface area contributed by atoms with Crippen LogP contribution in [0.25, 0.3) is 0 Å². The fraction of sp³-hybridized carbons (Fsp3) is 0.917. The van der Waals surface area contributed by atoms with Gasteiger partial charge in [-0.05, 0) is 79.9 Å². The second kappa shape index (κ2) is 10.1. The maximum Gasteiger partial charge on any atom is 0.408 e. The minimum absolute atomic E-state index is 0.00561. The number of rotatable bonds is 8. The van der Waals surface area contributed by atoms with E-state index in [1.54, 1.807) is 0 Å². The van der Waals surface area contributed by atoms with Crippen molar-refractivity contribution in [1.82, 2.24) is 15.1 Å². The number of amides is 2. The molecule has 1 aliphatic carbocycles. The van der Waals surface area contributed by atoms with Crippen LogP contribution in [0.15, 0.2) is 0 Å². The van der Waals surface area contributed by atoms with E-state index in [0.29, 0.717) is 18.9 Å². The van der Waals surface area contributed by atoms with E-state index in [9.17, 15) is 9.59 Å². The maximum atomic E-state index is 13.8. The molecule has 2 amide bonds. The van der Waals surface area contributed by atoms with Crippen LogP contribution in [-0.2, 0) is 14.3 Å². The maximum absolute atomic E-state index is 13.8. The standard InChI is InChI=1S/C24H45N3O4/c1-9-30-19-17-24(23(19,5)6,25-21(29)31-22(2,3)4)20(28)27-15-12-18(13-16-27)11-10-14-26(7)8/h18-19H,9-17H2,1-8H3,(H,25,29)/t19-,24-/m0/s1. The van der Waals surface area contributed by atoms with Gasteiger partial charge in [-0.2, -0.15) is 0 Å². The summed E-state index contributed by atoms with van der Waals surface area (Å²) in [5.74, 6) is 0.676. The van der Waals surface area contributed by atoms with Gasteiger partial charge in [0, 0.05) is 31.5 Å². The number of piperidine rings is 1. The molecule has 0 bridgehead atoms. The minimum atomic E-state index is -0.993. The first kappa shape index (κ1) is 25.9. The molecule has 7 nitrogen and oxygen atoms in total. The molecule has 2 rings (SSSR count). The lowest BCUT2D eigenvalue weighted by Gasteiger charge is -2.60. The number of likely N-dealkylation sites (tertiary alicyclic amines) is 1. The van der Waals surface area contributed by atoms with Crippen molar-refractivity contribution >= 4 is 12.0 Å². The van der Waals surface area contributed by atoms with Crippen molar-refractivity contribution in [2.24, 2.45) is 11.3 Å². The molecule has 1 N–H and O–H groups in total. The van der Waals surface area contributed by atoms with Crippen molar-refractivity contribution in [2.45, 2.75) is 90.9 Å². The van der Waals surface area contributed by atoms with Gasteiger partial charge in [0.15, 0.2) is 0 Å². The van der Waals surface area contributed by atoms with Crippen molar-refractivity contribution in [3.8, 4) is 0 Å². The van der Waals surface area contributed by atoms with Gasteiger partial charge in [0.25, 0.3) is 0 Å². The fourth-order valence-electron chi connectivity index (χ4n) is 4.91. The molecule has 1 saturated heterocycles. The molecule has 1 aliphatic heterocycles. The van der Waals surface area contributed by atoms with Gasteiger partial charge in [0.1, 0.15) is 11.1 Å². The average Bonchev–Trinajstić information content (AvgIpc) is 2.65. The van der Waals surface area contributed by atoms with Gasteiger partial charge in [-0.25, -0.2) is 4.79 Å². The molecule has 2 fully saturated rings. The zero-order valence-corrected chi connectivity index (χ0v) is 21.0. The predicted octanol–water partition coefficient (Wildman–Crippen LogP) is 3.67. The van der Waals surface area contributed by atoms with Crippen molar-refractivity contribution < 1.29 is 19.1 Å². The third kappa shape index (κ3) is 6.13. The van der Waals surface area contributed by atoms with Crippen LogP contribution in [0.5, 0.6) is 0 Å². The average molecular weight is 440 g/mol. The number of alkyl carbamates (subject to hydrolysis) is 1. The van der Waals surface area contributed by atoms with E-state index in [0.717, 1.165) is 32.5 Å². The quantitative estimate of drug-likeness (QED) is 0.625. The molecule has 7 heteroatoms. The number of hydrogen-bond donors (Lipinski definition) is 1. The van der Waals surface area contributed by atoms with E-state index in [1.807, 2.05) is 46.4 Å². The summed E-state index contributed by atoms with van der Waals surface area (Å²) in [6, 6.07) is 0. The Morgan fingerprint density at radius 1 is 1.16 bits per heavy atom. The molecule has 0 aromatic rings. The summed E-state index contributed by atoms with van der Waals surface area (Å²) in [5, 5.41) is 2.98. The zero-order chi connectivity index (χ0) is 23.4. The van der Waals surface area contributed by atoms with E-state index in [2.05, 4.69) is 24.3 Å². The van der Waals surface area contributed by atoms with Crippen molar-refractivity contribution in [3.05, 3.63) is 0 Å². The van der Waals surface area contributed by atoms with Gasteiger partial charge in [-0.15, -0.1) is 0 Å². The van der Waals surface area contributed by atoms with Gasteiger partial charge < -0.3 is 24.6 Å². The van der Waals surface area contributed by atoms with Crippen LogP contribution in [-0.4, -0.2) is 79.4 Å². The van der Waals surface area contributed by atoms with E-state index >= 15 is 0 Å². The van der Waals surface area contributed by atoms with Crippen LogP contribution in [0.2, 0.25) is 0 Å². The lowest BCUT2D eigenvalue weighted by Crippen LogP contribution is -2.78. The minimum Gasteiger partial charge on any atom is -0.444 e. The van der Waals surface area contributed by atoms with Crippen LogP contribution in [0.4, 0.5) is 4.79 Å². The Morgan fingerprint density at radius 2 is 1.77 bits per heavy atom. The molecule has 0 spiro atoms. The van der Waals surface area contributed by atoms with Crippen molar-refractivity contribution in [2.75, 3.05) is 40.3 Å². The monoisotopic (exact) mass is 439 g/mol. The number of carbonyl (C=O) groups is 2. The number of nitrogens with zero attached hydrogens (tertiary/aromatic N) is 2. The zero-order valence-electron chi connectivity index (χ0n) is 21.0. The Morgan fingerprint density at radius 3 is 2.26 bits per heavy atom. The first-order valence-electron chi connectivity index (χ1n) is 11.9. The number of carbonyl (C=O) groups excluding carboxylic acids is 2. The van der Waals surface area contributed by atoms with Crippen LogP contribution >= 0.6 is 0 Å². The molecule has 0 unspecified atom stereocenters. The molecule has 180 valence electrons. The first-order valence-corrected chi connectivity index (χ1v) is 11.9. The summed E-state index contributed by atoms with van der Waals surface area (Å²) in [5.41, 5.74) is -2.13. The SMILES string of the molecule is CCO[C@H]1C[C@](NC(=O)OC(C)(C)C)(C(=O)N2CCC(CCCN(C)C)CC2)C1(C)C. The molecule has 0 radical (unpaired) electrons. The smallest absolute Gasteiger partial charge is 0.408 e. The summed E-state index contributed by atoms with van der Waals surface area (Å²) < 4.78 is 11.4. The van der Waals surface area contributed by atoms with E-state index in [-0.39, 0.29) is 12.0 Å². The molecule has 31 heavy (non-hydrogen) atoms. The highest BCUT2D eigenvalue weighted by atomic mass is 16.6. The van der Waals surface area contributed by atoms with Gasteiger partial charge in [0.05, 0.1) is 6.10 Å². The number of nitrogens with one attached hydrogen (secondary N) is 1. The Hall–Kier alpha value is -1.34. The predicted molar refractivity (Wildman–Crippen MR) is 123 cm³/mol. The lowest BCUT2D eigenvalue weighted by atomic mass is 9.53. The van der Waals surface area contributed by atoms with Gasteiger partial charge >= 0.3 is 6.09 Å². The summed E-state index contributed by atoms with van der Waals surface area (Å²) in [4.78, 5) is 30.6. The number of ether oxygens (including phenoxy) is 2. The lowest BCUT2D eigenvalue weighted by molar-refractivity contribution is -0.187. The topological polar surface area (TPSA) is 71.1 Å². The highest BCUT2D eigenvalue weighted by Crippen LogP contribution is 2.52.